The maximum absolute atomic E-state index is 12.1. The van der Waals surface area contributed by atoms with Crippen molar-refractivity contribution >= 4 is 27.5 Å². The van der Waals surface area contributed by atoms with Crippen molar-refractivity contribution in [3.8, 4) is 5.75 Å². The number of hydrogen-bond acceptors (Lipinski definition) is 6. The molecule has 0 radical (unpaired) electrons. The van der Waals surface area contributed by atoms with Gasteiger partial charge in [0.25, 0.3) is 0 Å². The summed E-state index contributed by atoms with van der Waals surface area (Å²) >= 11 is 0. The second kappa shape index (κ2) is 8.21. The summed E-state index contributed by atoms with van der Waals surface area (Å²) in [5.41, 5.74) is 0. The number of nitrogens with one attached hydrogen (secondary N) is 2. The number of Topliss-reactive ketones (excluding diaryl/α,β-unsaturated/α-hetero) is 2. The van der Waals surface area contributed by atoms with Crippen LogP contribution in [0.4, 0.5) is 0 Å². The molecule has 2 N–H and O–H groups in total. The Kier molecular flexibility index (Phi) is 6.27. The summed E-state index contributed by atoms with van der Waals surface area (Å²) in [7, 11) is -2.25. The third-order valence-electron chi connectivity index (χ3n) is 3.82. The molecule has 1 aliphatic rings. The molecule has 0 aromatic heterocycles. The SMILES string of the molecule is COc1ccc(S(=O)(=O)NCCC(=O)NC2CCC(=O)CC2=O)cc1. The highest BCUT2D eigenvalue weighted by Crippen LogP contribution is 2.15. The van der Waals surface area contributed by atoms with Gasteiger partial charge in [0.2, 0.25) is 15.9 Å². The molecule has 1 unspecified atom stereocenters. The lowest BCUT2D eigenvalue weighted by atomic mass is 9.93. The fourth-order valence-corrected chi connectivity index (χ4v) is 3.46. The minimum atomic E-state index is -3.73. The van der Waals surface area contributed by atoms with E-state index in [1.165, 1.54) is 31.4 Å². The molecule has 1 aliphatic carbocycles. The van der Waals surface area contributed by atoms with Crippen molar-refractivity contribution in [2.75, 3.05) is 13.7 Å². The maximum atomic E-state index is 12.1. The topological polar surface area (TPSA) is 119 Å². The van der Waals surface area contributed by atoms with Crippen molar-refractivity contribution in [2.45, 2.75) is 36.6 Å². The number of sulfonamides is 1. The number of ketones is 2. The van der Waals surface area contributed by atoms with Crippen LogP contribution in [-0.2, 0) is 24.4 Å². The second-order valence-corrected chi connectivity index (χ2v) is 7.43. The van der Waals surface area contributed by atoms with Crippen LogP contribution < -0.4 is 14.8 Å². The Morgan fingerprint density at radius 1 is 1.24 bits per heavy atom. The van der Waals surface area contributed by atoms with Gasteiger partial charge >= 0.3 is 0 Å². The Balaban J connectivity index is 1.81. The molecule has 25 heavy (non-hydrogen) atoms. The molecular formula is C16H20N2O6S. The summed E-state index contributed by atoms with van der Waals surface area (Å²) in [6.45, 7) is -0.0972. The van der Waals surface area contributed by atoms with Crippen LogP contribution in [0.5, 0.6) is 5.75 Å². The fraction of sp³-hybridized carbons (Fsp3) is 0.438. The van der Waals surface area contributed by atoms with Crippen LogP contribution >= 0.6 is 0 Å². The maximum Gasteiger partial charge on any atom is 0.240 e. The molecule has 8 nitrogen and oxygen atoms in total. The molecule has 1 saturated carbocycles. The normalized spacial score (nSPS) is 18.0. The van der Waals surface area contributed by atoms with Crippen molar-refractivity contribution in [2.24, 2.45) is 0 Å². The van der Waals surface area contributed by atoms with Gasteiger partial charge in [-0.25, -0.2) is 13.1 Å². The zero-order valence-electron chi connectivity index (χ0n) is 13.8. The molecule has 9 heteroatoms. The first-order valence-electron chi connectivity index (χ1n) is 7.79. The van der Waals surface area contributed by atoms with Gasteiger partial charge in [-0.15, -0.1) is 0 Å². The van der Waals surface area contributed by atoms with E-state index in [9.17, 15) is 22.8 Å². The van der Waals surface area contributed by atoms with E-state index >= 15 is 0 Å². The van der Waals surface area contributed by atoms with Gasteiger partial charge in [0.05, 0.1) is 24.5 Å². The van der Waals surface area contributed by atoms with Gasteiger partial charge in [0.15, 0.2) is 5.78 Å². The van der Waals surface area contributed by atoms with E-state index in [1.807, 2.05) is 0 Å². The second-order valence-electron chi connectivity index (χ2n) is 5.66. The number of carbonyl (C=O) groups excluding carboxylic acids is 3. The van der Waals surface area contributed by atoms with Gasteiger partial charge in [0.1, 0.15) is 11.5 Å². The number of amides is 1. The van der Waals surface area contributed by atoms with Gasteiger partial charge in [-0.2, -0.15) is 0 Å². The Morgan fingerprint density at radius 3 is 2.52 bits per heavy atom. The molecule has 136 valence electrons. The lowest BCUT2D eigenvalue weighted by Crippen LogP contribution is -2.45. The number of ether oxygens (including phenoxy) is 1. The third kappa shape index (κ3) is 5.36. The summed E-state index contributed by atoms with van der Waals surface area (Å²) < 4.78 is 31.5. The highest BCUT2D eigenvalue weighted by Gasteiger charge is 2.28. The van der Waals surface area contributed by atoms with E-state index in [-0.39, 0.29) is 42.3 Å². The average molecular weight is 368 g/mol. The quantitative estimate of drug-likeness (QED) is 0.662. The van der Waals surface area contributed by atoms with E-state index in [0.717, 1.165) is 0 Å². The molecular weight excluding hydrogens is 348 g/mol. The zero-order chi connectivity index (χ0) is 18.4. The monoisotopic (exact) mass is 368 g/mol. The van der Waals surface area contributed by atoms with Gasteiger partial charge in [-0.05, 0) is 30.7 Å². The van der Waals surface area contributed by atoms with Crippen molar-refractivity contribution < 1.29 is 27.5 Å². The standard InChI is InChI=1S/C16H20N2O6S/c1-24-12-3-5-13(6-4-12)25(22,23)17-9-8-16(21)18-14-7-2-11(19)10-15(14)20/h3-6,14,17H,2,7-10H2,1H3,(H,18,21). The van der Waals surface area contributed by atoms with Crippen LogP contribution in [0.3, 0.4) is 0 Å². The third-order valence-corrected chi connectivity index (χ3v) is 5.30. The van der Waals surface area contributed by atoms with Crippen molar-refractivity contribution in [3.05, 3.63) is 24.3 Å². The van der Waals surface area contributed by atoms with Gasteiger partial charge in [-0.1, -0.05) is 0 Å². The zero-order valence-corrected chi connectivity index (χ0v) is 14.6. The van der Waals surface area contributed by atoms with Crippen LogP contribution in [0.25, 0.3) is 0 Å². The van der Waals surface area contributed by atoms with E-state index < -0.39 is 22.0 Å². The molecule has 2 rings (SSSR count). The van der Waals surface area contributed by atoms with E-state index in [4.69, 9.17) is 4.74 Å². The highest BCUT2D eigenvalue weighted by molar-refractivity contribution is 7.89. The summed E-state index contributed by atoms with van der Waals surface area (Å²) in [5, 5.41) is 2.54. The van der Waals surface area contributed by atoms with Crippen molar-refractivity contribution in [1.29, 1.82) is 0 Å². The predicted molar refractivity (Wildman–Crippen MR) is 88.6 cm³/mol. The first kappa shape index (κ1) is 19.1. The van der Waals surface area contributed by atoms with Crippen LogP contribution in [0.1, 0.15) is 25.7 Å². The molecule has 0 heterocycles. The minimum absolute atomic E-state index is 0.0645. The fourth-order valence-electron chi connectivity index (χ4n) is 2.43. The Labute approximate surface area is 146 Å². The number of hydrogen-bond donors (Lipinski definition) is 2. The first-order chi connectivity index (χ1) is 11.8. The summed E-state index contributed by atoms with van der Waals surface area (Å²) in [6.07, 6.45) is 0.296. The van der Waals surface area contributed by atoms with Gasteiger partial charge in [0, 0.05) is 19.4 Å². The van der Waals surface area contributed by atoms with Crippen LogP contribution in [0.15, 0.2) is 29.2 Å². The molecule has 1 aromatic rings. The molecule has 0 bridgehead atoms. The smallest absolute Gasteiger partial charge is 0.240 e. The first-order valence-corrected chi connectivity index (χ1v) is 9.27. The largest absolute Gasteiger partial charge is 0.497 e. The van der Waals surface area contributed by atoms with Gasteiger partial charge in [-0.3, -0.25) is 14.4 Å². The predicted octanol–water partition coefficient (Wildman–Crippen LogP) is 0.170. The van der Waals surface area contributed by atoms with Crippen LogP contribution in [0.2, 0.25) is 0 Å². The average Bonchev–Trinajstić information content (AvgIpc) is 2.57. The lowest BCUT2D eigenvalue weighted by Gasteiger charge is -2.21. The minimum Gasteiger partial charge on any atom is -0.497 e. The van der Waals surface area contributed by atoms with E-state index in [2.05, 4.69) is 10.0 Å². The van der Waals surface area contributed by atoms with E-state index in [0.29, 0.717) is 12.2 Å². The molecule has 0 spiro atoms. The summed E-state index contributed by atoms with van der Waals surface area (Å²) in [6, 6.07) is 5.19. The molecule has 1 atom stereocenters. The molecule has 1 amide bonds. The Hall–Kier alpha value is -2.26. The number of methoxy groups -OCH3 is 1. The number of carbonyl (C=O) groups is 3. The molecule has 0 saturated heterocycles. The van der Waals surface area contributed by atoms with Crippen molar-refractivity contribution in [1.82, 2.24) is 10.0 Å². The lowest BCUT2D eigenvalue weighted by molar-refractivity contribution is -0.134. The van der Waals surface area contributed by atoms with Crippen LogP contribution in [0, 0.1) is 0 Å². The van der Waals surface area contributed by atoms with Crippen molar-refractivity contribution in [3.63, 3.8) is 0 Å². The molecule has 1 aromatic carbocycles. The Morgan fingerprint density at radius 2 is 1.92 bits per heavy atom. The van der Waals surface area contributed by atoms with Crippen LogP contribution in [-0.4, -0.2) is 45.6 Å². The molecule has 0 aliphatic heterocycles. The summed E-state index contributed by atoms with van der Waals surface area (Å²) in [5.74, 6) is -0.328. The molecule has 1 fully saturated rings. The highest BCUT2D eigenvalue weighted by atomic mass is 32.2. The Bertz CT molecular complexity index is 757. The van der Waals surface area contributed by atoms with E-state index in [1.54, 1.807) is 0 Å². The number of rotatable bonds is 7. The van der Waals surface area contributed by atoms with Gasteiger partial charge < -0.3 is 10.1 Å². The summed E-state index contributed by atoms with van der Waals surface area (Å²) in [4.78, 5) is 34.7. The number of benzene rings is 1.